The molecule has 3 heterocycles. The second-order valence-corrected chi connectivity index (χ2v) is 15.3. The smallest absolute Gasteiger partial charge is 0.239 e. The Kier molecular flexibility index (Phi) is 40.2. The maximum atomic E-state index is 11.0. The Balaban J connectivity index is -0.000000669. The van der Waals surface area contributed by atoms with E-state index in [1.54, 1.807) is 24.3 Å². The molecule has 3 aromatic carbocycles. The Morgan fingerprint density at radius 1 is 0.576 bits per heavy atom. The molecule has 0 bridgehead atoms. The van der Waals surface area contributed by atoms with Crippen LogP contribution in [0.25, 0.3) is 0 Å². The molecule has 3 aliphatic heterocycles. The van der Waals surface area contributed by atoms with Gasteiger partial charge >= 0.3 is 0 Å². The summed E-state index contributed by atoms with van der Waals surface area (Å²) in [6.07, 6.45) is 7.25. The van der Waals surface area contributed by atoms with E-state index in [9.17, 15) is 43.2 Å². The molecule has 12 nitrogen and oxygen atoms in total. The molecule has 3 aromatic rings. The van der Waals surface area contributed by atoms with Crippen LogP contribution in [0.2, 0.25) is 0 Å². The molecule has 3 aliphatic rings. The van der Waals surface area contributed by atoms with Crippen LogP contribution in [0.3, 0.4) is 0 Å². The van der Waals surface area contributed by atoms with Crippen molar-refractivity contribution in [3.63, 3.8) is 0 Å². The summed E-state index contributed by atoms with van der Waals surface area (Å²) < 4.78 is 0.875. The van der Waals surface area contributed by atoms with Crippen LogP contribution < -0.4 is 5.32 Å². The third kappa shape index (κ3) is 26.5. The van der Waals surface area contributed by atoms with Gasteiger partial charge in [-0.25, -0.2) is 0 Å². The van der Waals surface area contributed by atoms with Gasteiger partial charge in [-0.1, -0.05) is 100 Å². The first-order valence-corrected chi connectivity index (χ1v) is 21.5. The number of carbonyl (C=O) groups excluding carboxylic acids is 9. The maximum absolute atomic E-state index is 11.0. The molecule has 0 aromatic heterocycles. The molecule has 0 unspecified atom stereocenters. The van der Waals surface area contributed by atoms with Crippen molar-refractivity contribution in [1.29, 1.82) is 0 Å². The Bertz CT molecular complexity index is 1720. The summed E-state index contributed by atoms with van der Waals surface area (Å²) >= 11 is 12.5. The first-order chi connectivity index (χ1) is 26.9. The number of alkyl halides is 4. The molecular weight excluding hydrogens is 1250 g/mol. The largest absolute Gasteiger partial charge is 0.312 e. The molecular formula is C40H40Br4N3O9Y3-3. The van der Waals surface area contributed by atoms with E-state index in [1.165, 1.54) is 10.5 Å². The van der Waals surface area contributed by atoms with Gasteiger partial charge in [0.2, 0.25) is 35.4 Å². The summed E-state index contributed by atoms with van der Waals surface area (Å²) in [5, 5.41) is 3.04. The monoisotopic (exact) mass is 1290 g/mol. The van der Waals surface area contributed by atoms with Crippen LogP contribution in [0.5, 0.6) is 0 Å². The summed E-state index contributed by atoms with van der Waals surface area (Å²) in [4.78, 5) is 95.7. The molecule has 0 spiro atoms. The van der Waals surface area contributed by atoms with E-state index in [-0.39, 0.29) is 153 Å². The molecule has 6 amide bonds. The number of aryl methyl sites for hydroxylation is 3. The van der Waals surface area contributed by atoms with Gasteiger partial charge in [-0.05, 0) is 19.3 Å². The zero-order valence-electron chi connectivity index (χ0n) is 32.2. The van der Waals surface area contributed by atoms with E-state index >= 15 is 0 Å². The van der Waals surface area contributed by atoms with Crippen LogP contribution in [-0.2, 0) is 146 Å². The first-order valence-electron chi connectivity index (χ1n) is 17.0. The normalized spacial score (nSPS) is 12.6. The van der Waals surface area contributed by atoms with Crippen LogP contribution in [0.4, 0.5) is 0 Å². The van der Waals surface area contributed by atoms with Crippen molar-refractivity contribution in [2.75, 3.05) is 21.6 Å². The molecule has 3 fully saturated rings. The fourth-order valence-electron chi connectivity index (χ4n) is 4.24. The molecule has 0 atom stereocenters. The standard InChI is InChI=1S/C13H12NO3.C10H10BrO.C9H9O.C4H4BrNO2.C3H3NO2.CH2Br2.3Y/c15-9-11-5-3-10(4-6-11)2-1-7-14-12(16)8-13(14)17;11-7-1-2-9-3-5-10(8-12)6-4-9;1-2-8-3-5-9(7-10)6-4-8;5-2-6-3(7)1-4(6)8;5-2-1-3(6)4-2;2-1-3;;;/h3,5-6,9H,1-2,7-8H2;3,5-6,8H,1-2,7H2;3,5-7H,2H2,1H3;1-2H2;1H2,(H,4,5,6);1H2;;;/q3*-1;;;;;;. The number of imide groups is 3. The van der Waals surface area contributed by atoms with E-state index in [1.807, 2.05) is 35.6 Å². The fraction of sp³-hybridized carbons (Fsp3) is 0.325. The van der Waals surface area contributed by atoms with Crippen molar-refractivity contribution >= 4 is 118 Å². The molecule has 309 valence electrons. The number of carbonyl (C=O) groups is 9. The van der Waals surface area contributed by atoms with Crippen LogP contribution in [-0.4, -0.2) is 85.7 Å². The van der Waals surface area contributed by atoms with Crippen molar-refractivity contribution in [3.8, 4) is 0 Å². The SMILES string of the molecule is BrCBr.CCc1[c-]cc(C=O)cc1.O=C1CC(=O)N1.O=C1CC(=O)N1CBr.O=Cc1c[c-]c(CCCBr)cc1.O=Cc1c[c-]c(CCCN2C(=O)CC2=O)cc1.[Y].[Y].[Y]. The maximum Gasteiger partial charge on any atom is 0.239 e. The van der Waals surface area contributed by atoms with Crippen molar-refractivity contribution in [2.45, 2.75) is 58.3 Å². The predicted octanol–water partition coefficient (Wildman–Crippen LogP) is 6.34. The van der Waals surface area contributed by atoms with Crippen LogP contribution in [0.15, 0.2) is 54.6 Å². The molecule has 3 radical (unpaired) electrons. The summed E-state index contributed by atoms with van der Waals surface area (Å²) in [7, 11) is 0. The summed E-state index contributed by atoms with van der Waals surface area (Å²) in [5.41, 5.74) is 5.61. The molecule has 19 heteroatoms. The van der Waals surface area contributed by atoms with E-state index < -0.39 is 0 Å². The van der Waals surface area contributed by atoms with E-state index in [4.69, 9.17) is 0 Å². The van der Waals surface area contributed by atoms with E-state index in [2.05, 4.69) is 88.8 Å². The third-order valence-corrected chi connectivity index (χ3v) is 8.49. The third-order valence-electron chi connectivity index (χ3n) is 7.43. The number of amides is 6. The average Bonchev–Trinajstić information content (AvgIpc) is 3.20. The molecule has 6 rings (SSSR count). The number of benzene rings is 3. The summed E-state index contributed by atoms with van der Waals surface area (Å²) in [6.45, 7) is 2.54. The second-order valence-electron chi connectivity index (χ2n) is 11.4. The molecule has 0 saturated carbocycles. The molecule has 3 saturated heterocycles. The van der Waals surface area contributed by atoms with Gasteiger partial charge in [-0.2, -0.15) is 89.5 Å². The number of nitrogens with zero attached hydrogens (tertiary/aromatic N) is 2. The minimum Gasteiger partial charge on any atom is -0.312 e. The van der Waals surface area contributed by atoms with Crippen molar-refractivity contribution in [2.24, 2.45) is 0 Å². The number of rotatable bonds is 12. The number of hydrogen-bond donors (Lipinski definition) is 1. The topological polar surface area (TPSA) is 172 Å². The predicted molar refractivity (Wildman–Crippen MR) is 224 cm³/mol. The van der Waals surface area contributed by atoms with E-state index in [0.29, 0.717) is 28.7 Å². The van der Waals surface area contributed by atoms with Gasteiger partial charge in [0.1, 0.15) is 19.3 Å². The van der Waals surface area contributed by atoms with E-state index in [0.717, 1.165) is 76.6 Å². The van der Waals surface area contributed by atoms with Crippen molar-refractivity contribution < 1.29 is 141 Å². The van der Waals surface area contributed by atoms with Crippen molar-refractivity contribution in [3.05, 3.63) is 106 Å². The van der Waals surface area contributed by atoms with Crippen molar-refractivity contribution in [1.82, 2.24) is 15.1 Å². The zero-order valence-corrected chi connectivity index (χ0v) is 47.1. The Morgan fingerprint density at radius 3 is 1.15 bits per heavy atom. The molecule has 0 aliphatic carbocycles. The fourth-order valence-corrected chi connectivity index (χ4v) is 5.08. The number of nitrogens with one attached hydrogen (secondary N) is 1. The van der Waals surface area contributed by atoms with Gasteiger partial charge in [0.15, 0.2) is 0 Å². The van der Waals surface area contributed by atoms with Gasteiger partial charge < -0.3 is 14.4 Å². The molecule has 59 heavy (non-hydrogen) atoms. The Labute approximate surface area is 454 Å². The minimum atomic E-state index is -0.167. The Morgan fingerprint density at radius 2 is 0.932 bits per heavy atom. The van der Waals surface area contributed by atoms with Crippen LogP contribution in [0.1, 0.15) is 86.8 Å². The number of halogens is 4. The van der Waals surface area contributed by atoms with Crippen LogP contribution >= 0.6 is 63.7 Å². The zero-order chi connectivity index (χ0) is 41.9. The second kappa shape index (κ2) is 37.8. The van der Waals surface area contributed by atoms with Gasteiger partial charge in [0.05, 0.1) is 28.6 Å². The van der Waals surface area contributed by atoms with Gasteiger partial charge in [-0.15, -0.1) is 0 Å². The van der Waals surface area contributed by atoms with Gasteiger partial charge in [-0.3, -0.25) is 43.9 Å². The summed E-state index contributed by atoms with van der Waals surface area (Å²) in [5.74, 6) is -0.690. The minimum absolute atomic E-state index is 0. The number of aldehydes is 3. The number of likely N-dealkylation sites (tertiary alicyclic amines) is 2. The molecule has 1 N–H and O–H groups in total. The Hall–Kier alpha value is -0.678. The number of β-lactam (4-membered cyclic amide) rings is 6. The van der Waals surface area contributed by atoms with Gasteiger partial charge in [0.25, 0.3) is 0 Å². The quantitative estimate of drug-likeness (QED) is 0.0543. The summed E-state index contributed by atoms with van der Waals surface area (Å²) in [6, 6.07) is 25.2. The first kappa shape index (κ1) is 62.6. The van der Waals surface area contributed by atoms with Gasteiger partial charge in [0, 0.05) is 110 Å². The number of hydrogen-bond acceptors (Lipinski definition) is 9. The average molecular weight is 1290 g/mol. The van der Waals surface area contributed by atoms with Crippen LogP contribution in [0, 0.1) is 18.2 Å².